The molecule has 0 amide bonds. The lowest BCUT2D eigenvalue weighted by Gasteiger charge is -2.24. The molecule has 1 aromatic heterocycles. The Bertz CT molecular complexity index is 1830. The van der Waals surface area contributed by atoms with Crippen molar-refractivity contribution in [3.8, 4) is 23.0 Å². The predicted octanol–water partition coefficient (Wildman–Crippen LogP) is 4.66. The zero-order valence-electron chi connectivity index (χ0n) is 25.1. The summed E-state index contributed by atoms with van der Waals surface area (Å²) >= 11 is 1.26. The number of nitrogens with zero attached hydrogens (tertiary/aromatic N) is 2. The molecule has 0 unspecified atom stereocenters. The lowest BCUT2D eigenvalue weighted by molar-refractivity contribution is -0.139. The van der Waals surface area contributed by atoms with Crippen molar-refractivity contribution < 1.29 is 28.5 Å². The maximum atomic E-state index is 13.9. The van der Waals surface area contributed by atoms with E-state index in [0.717, 1.165) is 16.9 Å². The highest BCUT2D eigenvalue weighted by Crippen LogP contribution is 2.32. The second kappa shape index (κ2) is 14.1. The van der Waals surface area contributed by atoms with Gasteiger partial charge in [-0.1, -0.05) is 47.7 Å². The minimum Gasteiger partial charge on any atom is -0.497 e. The molecule has 1 aliphatic heterocycles. The van der Waals surface area contributed by atoms with Crippen LogP contribution in [0, 0.1) is 0 Å². The molecule has 0 saturated carbocycles. The summed E-state index contributed by atoms with van der Waals surface area (Å²) in [5.41, 5.74) is 2.07. The normalized spacial score (nSPS) is 14.5. The molecule has 2 heterocycles. The van der Waals surface area contributed by atoms with Gasteiger partial charge in [0.2, 0.25) is 0 Å². The first kappa shape index (κ1) is 30.6. The maximum absolute atomic E-state index is 13.9. The van der Waals surface area contributed by atoms with E-state index in [9.17, 15) is 9.59 Å². The molecule has 3 aromatic carbocycles. The summed E-state index contributed by atoms with van der Waals surface area (Å²) in [6, 6.07) is 21.7. The third kappa shape index (κ3) is 6.70. The van der Waals surface area contributed by atoms with E-state index in [1.165, 1.54) is 11.3 Å². The molecule has 0 bridgehead atoms. The van der Waals surface area contributed by atoms with Crippen molar-refractivity contribution in [1.82, 2.24) is 4.57 Å². The quantitative estimate of drug-likeness (QED) is 0.169. The average molecular weight is 615 g/mol. The summed E-state index contributed by atoms with van der Waals surface area (Å²) < 4.78 is 30.3. The van der Waals surface area contributed by atoms with E-state index < -0.39 is 12.0 Å². The number of carbonyl (C=O) groups is 1. The SMILES string of the molecule is CCOC(=O)C1=C(C)N=c2s/c(=C\c3ccc(OCCOc4ccccc4)c(OCC)c3)c(=O)n2[C@@H]1c1ccc(OC)cc1. The molecule has 4 aromatic rings. The lowest BCUT2D eigenvalue weighted by Crippen LogP contribution is -2.39. The Labute approximate surface area is 259 Å². The molecule has 0 aliphatic carbocycles. The zero-order valence-corrected chi connectivity index (χ0v) is 25.9. The third-order valence-electron chi connectivity index (χ3n) is 6.87. The van der Waals surface area contributed by atoms with E-state index in [4.69, 9.17) is 23.7 Å². The van der Waals surface area contributed by atoms with E-state index in [1.807, 2.05) is 67.6 Å². The highest BCUT2D eigenvalue weighted by Gasteiger charge is 2.33. The molecule has 0 saturated heterocycles. The molecule has 228 valence electrons. The molecule has 5 rings (SSSR count). The Morgan fingerprint density at radius 2 is 1.66 bits per heavy atom. The van der Waals surface area contributed by atoms with Crippen molar-refractivity contribution >= 4 is 23.4 Å². The van der Waals surface area contributed by atoms with Gasteiger partial charge in [-0.05, 0) is 74.4 Å². The van der Waals surface area contributed by atoms with E-state index in [-0.39, 0.29) is 12.2 Å². The van der Waals surface area contributed by atoms with Gasteiger partial charge in [0.05, 0.1) is 42.2 Å². The number of carbonyl (C=O) groups excluding carboxylic acids is 1. The number of hydrogen-bond donors (Lipinski definition) is 0. The molecule has 1 aliphatic rings. The summed E-state index contributed by atoms with van der Waals surface area (Å²) in [5.74, 6) is 2.08. The molecule has 1 atom stereocenters. The van der Waals surface area contributed by atoms with Crippen LogP contribution in [0.15, 0.2) is 93.9 Å². The molecular weight excluding hydrogens is 580 g/mol. The van der Waals surface area contributed by atoms with Crippen LogP contribution in [0.2, 0.25) is 0 Å². The second-order valence-electron chi connectivity index (χ2n) is 9.72. The smallest absolute Gasteiger partial charge is 0.338 e. The van der Waals surface area contributed by atoms with Crippen LogP contribution in [0.4, 0.5) is 0 Å². The van der Waals surface area contributed by atoms with Crippen LogP contribution in [0.3, 0.4) is 0 Å². The van der Waals surface area contributed by atoms with Crippen molar-refractivity contribution in [2.75, 3.05) is 33.5 Å². The monoisotopic (exact) mass is 614 g/mol. The number of methoxy groups -OCH3 is 1. The largest absolute Gasteiger partial charge is 0.497 e. The highest BCUT2D eigenvalue weighted by molar-refractivity contribution is 7.07. The molecule has 0 N–H and O–H groups in total. The number of rotatable bonds is 12. The number of para-hydroxylation sites is 1. The van der Waals surface area contributed by atoms with Gasteiger partial charge in [0.1, 0.15) is 24.7 Å². The fourth-order valence-corrected chi connectivity index (χ4v) is 5.92. The van der Waals surface area contributed by atoms with Gasteiger partial charge in [0.15, 0.2) is 16.3 Å². The number of esters is 1. The van der Waals surface area contributed by atoms with Crippen molar-refractivity contribution in [3.63, 3.8) is 0 Å². The van der Waals surface area contributed by atoms with Crippen molar-refractivity contribution in [1.29, 1.82) is 0 Å². The Balaban J connectivity index is 1.47. The maximum Gasteiger partial charge on any atom is 0.338 e. The summed E-state index contributed by atoms with van der Waals surface area (Å²) in [6.45, 7) is 6.77. The van der Waals surface area contributed by atoms with Crippen LogP contribution in [0.1, 0.15) is 37.9 Å². The fraction of sp³-hybridized carbons (Fsp3) is 0.265. The summed E-state index contributed by atoms with van der Waals surface area (Å²) in [4.78, 5) is 32.2. The Morgan fingerprint density at radius 3 is 2.36 bits per heavy atom. The minimum atomic E-state index is -0.703. The molecular formula is C34H34N2O7S. The lowest BCUT2D eigenvalue weighted by atomic mass is 9.96. The Morgan fingerprint density at radius 1 is 0.909 bits per heavy atom. The molecule has 0 radical (unpaired) electrons. The van der Waals surface area contributed by atoms with E-state index in [2.05, 4.69) is 4.99 Å². The summed E-state index contributed by atoms with van der Waals surface area (Å²) in [6.07, 6.45) is 1.79. The number of thiazole rings is 1. The minimum absolute atomic E-state index is 0.206. The first-order chi connectivity index (χ1) is 21.4. The number of aromatic nitrogens is 1. The van der Waals surface area contributed by atoms with Gasteiger partial charge in [-0.15, -0.1) is 0 Å². The van der Waals surface area contributed by atoms with Crippen molar-refractivity contribution in [3.05, 3.63) is 115 Å². The van der Waals surface area contributed by atoms with Crippen LogP contribution in [0.25, 0.3) is 6.08 Å². The topological polar surface area (TPSA) is 97.6 Å². The Hall–Kier alpha value is -4.83. The molecule has 0 fully saturated rings. The van der Waals surface area contributed by atoms with E-state index in [1.54, 1.807) is 43.7 Å². The Kier molecular flexibility index (Phi) is 9.81. The standard InChI is InChI=1S/C34H34N2O7S/c1-5-40-28-20-23(12-17-27(28)43-19-18-42-26-10-8-7-9-11-26)21-29-32(37)36-31(24-13-15-25(39-4)16-14-24)30(33(38)41-6-2)22(3)35-34(36)44-29/h7-17,20-21,31H,5-6,18-19H2,1-4H3/b29-21-/t31-/m1/s1. The summed E-state index contributed by atoms with van der Waals surface area (Å²) in [7, 11) is 1.59. The van der Waals surface area contributed by atoms with Crippen molar-refractivity contribution in [2.45, 2.75) is 26.8 Å². The highest BCUT2D eigenvalue weighted by atomic mass is 32.1. The van der Waals surface area contributed by atoms with Gasteiger partial charge in [-0.25, -0.2) is 9.79 Å². The third-order valence-corrected chi connectivity index (χ3v) is 7.85. The number of fused-ring (bicyclic) bond motifs is 1. The van der Waals surface area contributed by atoms with E-state index in [0.29, 0.717) is 57.7 Å². The van der Waals surface area contributed by atoms with Gasteiger partial charge in [0.25, 0.3) is 5.56 Å². The summed E-state index contributed by atoms with van der Waals surface area (Å²) in [5, 5.41) is 0. The molecule has 10 heteroatoms. The van der Waals surface area contributed by atoms with Crippen LogP contribution in [-0.2, 0) is 9.53 Å². The first-order valence-electron chi connectivity index (χ1n) is 14.3. The predicted molar refractivity (Wildman–Crippen MR) is 168 cm³/mol. The van der Waals surface area contributed by atoms with E-state index >= 15 is 0 Å². The van der Waals surface area contributed by atoms with Gasteiger partial charge in [-0.2, -0.15) is 0 Å². The average Bonchev–Trinajstić information content (AvgIpc) is 3.34. The molecule has 0 spiro atoms. The fourth-order valence-electron chi connectivity index (χ4n) is 4.87. The molecule has 9 nitrogen and oxygen atoms in total. The second-order valence-corrected chi connectivity index (χ2v) is 10.7. The van der Waals surface area contributed by atoms with Crippen LogP contribution >= 0.6 is 11.3 Å². The zero-order chi connectivity index (χ0) is 31.1. The van der Waals surface area contributed by atoms with Crippen molar-refractivity contribution in [2.24, 2.45) is 4.99 Å². The first-order valence-corrected chi connectivity index (χ1v) is 15.2. The van der Waals surface area contributed by atoms with Crippen LogP contribution in [0.5, 0.6) is 23.0 Å². The number of ether oxygens (including phenoxy) is 5. The van der Waals surface area contributed by atoms with Gasteiger partial charge in [-0.3, -0.25) is 9.36 Å². The van der Waals surface area contributed by atoms with Crippen LogP contribution in [-0.4, -0.2) is 44.1 Å². The van der Waals surface area contributed by atoms with Gasteiger partial charge >= 0.3 is 5.97 Å². The number of allylic oxidation sites excluding steroid dienone is 1. The van der Waals surface area contributed by atoms with Crippen LogP contribution < -0.4 is 33.8 Å². The molecule has 44 heavy (non-hydrogen) atoms. The number of benzene rings is 3. The van der Waals surface area contributed by atoms with Gasteiger partial charge in [0, 0.05) is 0 Å². The number of hydrogen-bond acceptors (Lipinski definition) is 9. The van der Waals surface area contributed by atoms with Gasteiger partial charge < -0.3 is 23.7 Å².